The van der Waals surface area contributed by atoms with Crippen LogP contribution in [0.2, 0.25) is 5.02 Å². The number of aryl methyl sites for hydroxylation is 1. The normalized spacial score (nSPS) is 16.1. The summed E-state index contributed by atoms with van der Waals surface area (Å²) in [7, 11) is 0. The molecule has 0 N–H and O–H groups in total. The van der Waals surface area contributed by atoms with E-state index in [0.717, 1.165) is 48.3 Å². The molecule has 3 aromatic carbocycles. The van der Waals surface area contributed by atoms with E-state index in [1.807, 2.05) is 71.3 Å². The van der Waals surface area contributed by atoms with Gasteiger partial charge in [-0.15, -0.1) is 0 Å². The molecule has 2 aliphatic heterocycles. The Hall–Kier alpha value is -3.75. The molecule has 3 aromatic rings. The first kappa shape index (κ1) is 31.7. The first-order valence-electron chi connectivity index (χ1n) is 15.5. The molecule has 44 heavy (non-hydrogen) atoms. The van der Waals surface area contributed by atoms with Crippen molar-refractivity contribution in [3.05, 3.63) is 82.4 Å². The number of halogens is 1. The number of carbonyl (C=O) groups excluding carboxylic acids is 2. The second kappa shape index (κ2) is 14.8. The lowest BCUT2D eigenvalue weighted by Gasteiger charge is -2.30. The van der Waals surface area contributed by atoms with Crippen molar-refractivity contribution >= 4 is 29.1 Å². The zero-order valence-electron chi connectivity index (χ0n) is 25.9. The van der Waals surface area contributed by atoms with Gasteiger partial charge in [-0.1, -0.05) is 48.0 Å². The summed E-state index contributed by atoms with van der Waals surface area (Å²) >= 11 is 6.56. The largest absolute Gasteiger partial charge is 0.489 e. The lowest BCUT2D eigenvalue weighted by Crippen LogP contribution is -2.42. The average Bonchev–Trinajstić information content (AvgIpc) is 3.27. The molecule has 0 unspecified atom stereocenters. The van der Waals surface area contributed by atoms with Crippen LogP contribution in [0.15, 0.2) is 60.7 Å². The quantitative estimate of drug-likeness (QED) is 0.342. The van der Waals surface area contributed by atoms with Crippen molar-refractivity contribution in [1.29, 1.82) is 0 Å². The molecule has 0 aromatic heterocycles. The van der Waals surface area contributed by atoms with Crippen LogP contribution in [0.4, 0.5) is 5.69 Å². The molecule has 0 spiro atoms. The molecule has 234 valence electrons. The van der Waals surface area contributed by atoms with E-state index in [9.17, 15) is 9.59 Å². The van der Waals surface area contributed by atoms with Crippen molar-refractivity contribution < 1.29 is 23.8 Å². The predicted molar refractivity (Wildman–Crippen MR) is 173 cm³/mol. The molecule has 2 heterocycles. The molecule has 8 nitrogen and oxygen atoms in total. The Kier molecular flexibility index (Phi) is 10.7. The van der Waals surface area contributed by atoms with Crippen LogP contribution in [-0.4, -0.2) is 73.7 Å². The molecule has 0 fully saturated rings. The van der Waals surface area contributed by atoms with Crippen molar-refractivity contribution in [2.45, 2.75) is 52.6 Å². The van der Waals surface area contributed by atoms with Crippen molar-refractivity contribution in [2.24, 2.45) is 0 Å². The minimum Gasteiger partial charge on any atom is -0.489 e. The summed E-state index contributed by atoms with van der Waals surface area (Å²) in [6.07, 6.45) is 1.75. The summed E-state index contributed by atoms with van der Waals surface area (Å²) in [5, 5.41) is 0.448. The van der Waals surface area contributed by atoms with Gasteiger partial charge in [0.25, 0.3) is 5.91 Å². The van der Waals surface area contributed by atoms with E-state index < -0.39 is 0 Å². The van der Waals surface area contributed by atoms with E-state index in [1.54, 1.807) is 6.07 Å². The Bertz CT molecular complexity index is 1450. The zero-order chi connectivity index (χ0) is 31.1. The number of hydrogen-bond acceptors (Lipinski definition) is 6. The van der Waals surface area contributed by atoms with E-state index in [2.05, 4.69) is 18.7 Å². The highest BCUT2D eigenvalue weighted by atomic mass is 35.5. The maximum atomic E-state index is 14.0. The van der Waals surface area contributed by atoms with Gasteiger partial charge in [-0.25, -0.2) is 0 Å². The second-order valence-electron chi connectivity index (χ2n) is 11.7. The van der Waals surface area contributed by atoms with E-state index in [1.165, 1.54) is 0 Å². The molecule has 0 saturated carbocycles. The lowest BCUT2D eigenvalue weighted by atomic mass is 10.0. The SMILES string of the molecule is Cc1cccc2c1N(C(=O)COc1ccccc1)CCCN(C(C)C)CCN(C(=O)Cc1cc(Cl)c3c(c1)OCCCO3)C2. The van der Waals surface area contributed by atoms with Gasteiger partial charge in [0.1, 0.15) is 5.75 Å². The molecule has 0 bridgehead atoms. The van der Waals surface area contributed by atoms with Gasteiger partial charge >= 0.3 is 0 Å². The molecular formula is C35H42ClN3O5. The van der Waals surface area contributed by atoms with E-state index in [4.69, 9.17) is 25.8 Å². The van der Waals surface area contributed by atoms with Gasteiger partial charge in [-0.3, -0.25) is 14.5 Å². The lowest BCUT2D eigenvalue weighted by molar-refractivity contribution is -0.131. The third-order valence-corrected chi connectivity index (χ3v) is 8.42. The summed E-state index contributed by atoms with van der Waals surface area (Å²) in [4.78, 5) is 33.9. The number of benzene rings is 3. The number of rotatable bonds is 6. The summed E-state index contributed by atoms with van der Waals surface area (Å²) in [6, 6.07) is 19.4. The van der Waals surface area contributed by atoms with Crippen molar-refractivity contribution in [2.75, 3.05) is 50.9 Å². The third-order valence-electron chi connectivity index (χ3n) is 8.14. The first-order chi connectivity index (χ1) is 21.3. The fraction of sp³-hybridized carbons (Fsp3) is 0.429. The van der Waals surface area contributed by atoms with Crippen LogP contribution in [0.1, 0.15) is 43.4 Å². The smallest absolute Gasteiger partial charge is 0.264 e. The maximum Gasteiger partial charge on any atom is 0.264 e. The molecule has 5 rings (SSSR count). The number of carbonyl (C=O) groups is 2. The number of anilines is 1. The van der Waals surface area contributed by atoms with Gasteiger partial charge in [0.2, 0.25) is 5.91 Å². The minimum atomic E-state index is -0.112. The molecule has 9 heteroatoms. The third kappa shape index (κ3) is 7.85. The fourth-order valence-electron chi connectivity index (χ4n) is 5.81. The monoisotopic (exact) mass is 619 g/mol. The minimum absolute atomic E-state index is 0.0174. The fourth-order valence-corrected chi connectivity index (χ4v) is 6.10. The molecule has 0 aliphatic carbocycles. The maximum absolute atomic E-state index is 14.0. The highest BCUT2D eigenvalue weighted by Gasteiger charge is 2.26. The van der Waals surface area contributed by atoms with Crippen molar-refractivity contribution in [3.8, 4) is 17.2 Å². The molecule has 0 atom stereocenters. The van der Waals surface area contributed by atoms with Gasteiger partial charge in [0.15, 0.2) is 18.1 Å². The summed E-state index contributed by atoms with van der Waals surface area (Å²) < 4.78 is 17.5. The van der Waals surface area contributed by atoms with Gasteiger partial charge in [-0.05, 0) is 68.1 Å². The van der Waals surface area contributed by atoms with Crippen LogP contribution in [-0.2, 0) is 22.6 Å². The van der Waals surface area contributed by atoms with Crippen LogP contribution in [0.5, 0.6) is 17.2 Å². The molecule has 0 saturated heterocycles. The van der Waals surface area contributed by atoms with Gasteiger partial charge in [-0.2, -0.15) is 0 Å². The number of para-hydroxylation sites is 2. The highest BCUT2D eigenvalue weighted by molar-refractivity contribution is 6.32. The van der Waals surface area contributed by atoms with Crippen LogP contribution in [0.25, 0.3) is 0 Å². The number of amides is 2. The number of hydrogen-bond donors (Lipinski definition) is 0. The zero-order valence-corrected chi connectivity index (χ0v) is 26.6. The molecule has 2 aliphatic rings. The molecule has 0 radical (unpaired) electrons. The van der Waals surface area contributed by atoms with Gasteiger partial charge < -0.3 is 24.0 Å². The standard InChI is InChI=1S/C35H42ClN3O5/c1-25(2)37-14-8-15-39(33(41)24-44-29-12-5-4-6-13-29)34-26(3)10-7-11-28(34)23-38(17-16-37)32(40)22-27-20-30(36)35-31(21-27)42-18-9-19-43-35/h4-7,10-13,20-21,25H,8-9,14-19,22-24H2,1-3H3. The van der Waals surface area contributed by atoms with Crippen LogP contribution >= 0.6 is 11.6 Å². The summed E-state index contributed by atoms with van der Waals surface area (Å²) in [5.74, 6) is 1.64. The number of fused-ring (bicyclic) bond motifs is 2. The predicted octanol–water partition coefficient (Wildman–Crippen LogP) is 5.91. The first-order valence-corrected chi connectivity index (χ1v) is 15.8. The Morgan fingerprint density at radius 3 is 2.50 bits per heavy atom. The van der Waals surface area contributed by atoms with Crippen LogP contribution < -0.4 is 19.1 Å². The molecule has 2 amide bonds. The Morgan fingerprint density at radius 2 is 1.70 bits per heavy atom. The Balaban J connectivity index is 1.43. The average molecular weight is 620 g/mol. The highest BCUT2D eigenvalue weighted by Crippen LogP contribution is 2.38. The van der Waals surface area contributed by atoms with Crippen LogP contribution in [0.3, 0.4) is 0 Å². The second-order valence-corrected chi connectivity index (χ2v) is 12.1. The van der Waals surface area contributed by atoms with Crippen molar-refractivity contribution in [1.82, 2.24) is 9.80 Å². The van der Waals surface area contributed by atoms with E-state index in [0.29, 0.717) is 61.2 Å². The Labute approximate surface area is 265 Å². The van der Waals surface area contributed by atoms with Crippen LogP contribution in [0, 0.1) is 6.92 Å². The van der Waals surface area contributed by atoms with Gasteiger partial charge in [0, 0.05) is 45.2 Å². The number of nitrogens with zero attached hydrogens (tertiary/aromatic N) is 3. The van der Waals surface area contributed by atoms with Gasteiger partial charge in [0.05, 0.1) is 30.3 Å². The number of ether oxygens (including phenoxy) is 3. The van der Waals surface area contributed by atoms with E-state index >= 15 is 0 Å². The summed E-state index contributed by atoms with van der Waals surface area (Å²) in [6.45, 7) is 10.4. The molecular weight excluding hydrogens is 578 g/mol. The Morgan fingerprint density at radius 1 is 0.909 bits per heavy atom. The van der Waals surface area contributed by atoms with Crippen molar-refractivity contribution in [3.63, 3.8) is 0 Å². The van der Waals surface area contributed by atoms with E-state index in [-0.39, 0.29) is 24.8 Å². The summed E-state index contributed by atoms with van der Waals surface area (Å²) in [5.41, 5.74) is 3.54. The topological polar surface area (TPSA) is 71.6 Å².